The molecule has 16 nitrogen and oxygen atoms in total. The first-order valence-corrected chi connectivity index (χ1v) is 6.29. The second-order valence-electron chi connectivity index (χ2n) is 5.18. The minimum absolute atomic E-state index is 0.592. The van der Waals surface area contributed by atoms with Crippen LogP contribution in [-0.2, 0) is 9.59 Å². The predicted molar refractivity (Wildman–Crippen MR) is 73.4 cm³/mol. The van der Waals surface area contributed by atoms with Crippen molar-refractivity contribution in [2.45, 2.75) is 29.6 Å². The first-order chi connectivity index (χ1) is 11.6. The van der Waals surface area contributed by atoms with Crippen LogP contribution in [0.2, 0.25) is 0 Å². The molecular formula is C9H8N8O8. The highest BCUT2D eigenvalue weighted by atomic mass is 16.7. The molecule has 0 aromatic rings. The lowest BCUT2D eigenvalue weighted by molar-refractivity contribution is -0.799. The van der Waals surface area contributed by atoms with Crippen LogP contribution >= 0.6 is 0 Å². The van der Waals surface area contributed by atoms with Gasteiger partial charge in [-0.15, -0.1) is 20.4 Å². The predicted octanol–water partition coefficient (Wildman–Crippen LogP) is -0.434. The van der Waals surface area contributed by atoms with E-state index in [1.807, 2.05) is 0 Å². The Morgan fingerprint density at radius 2 is 1.28 bits per heavy atom. The molecule has 0 aromatic carbocycles. The Morgan fingerprint density at radius 1 is 0.920 bits per heavy atom. The van der Waals surface area contributed by atoms with Crippen molar-refractivity contribution < 1.29 is 29.6 Å². The van der Waals surface area contributed by atoms with Crippen molar-refractivity contribution in [1.29, 1.82) is 0 Å². The summed E-state index contributed by atoms with van der Waals surface area (Å²) >= 11 is 0. The van der Waals surface area contributed by atoms with Crippen LogP contribution in [0.5, 0.6) is 0 Å². The summed E-state index contributed by atoms with van der Waals surface area (Å²) in [5, 5.41) is 60.4. The van der Waals surface area contributed by atoms with Crippen molar-refractivity contribution in [3.8, 4) is 0 Å². The lowest BCUT2D eigenvalue weighted by atomic mass is 9.81. The van der Waals surface area contributed by atoms with E-state index in [0.717, 1.165) is 0 Å². The fraction of sp³-hybridized carbons (Fsp3) is 0.556. The first-order valence-electron chi connectivity index (χ1n) is 6.29. The number of rotatable bonds is 8. The summed E-state index contributed by atoms with van der Waals surface area (Å²) in [7, 11) is 0. The highest BCUT2D eigenvalue weighted by Crippen LogP contribution is 2.37. The molecule has 2 atom stereocenters. The normalized spacial score (nSPS) is 26.9. The molecule has 0 saturated carbocycles. The molecule has 2 heterocycles. The van der Waals surface area contributed by atoms with Crippen LogP contribution in [0.25, 0.3) is 0 Å². The number of aliphatic carboxylic acids is 2. The molecule has 2 unspecified atom stereocenters. The average Bonchev–Trinajstić information content (AvgIpc) is 3.16. The van der Waals surface area contributed by atoms with Crippen LogP contribution < -0.4 is 0 Å². The van der Waals surface area contributed by atoms with E-state index in [9.17, 15) is 40.0 Å². The molecule has 0 saturated heterocycles. The van der Waals surface area contributed by atoms with E-state index in [0.29, 0.717) is 12.4 Å². The zero-order valence-electron chi connectivity index (χ0n) is 12.0. The molecule has 16 heteroatoms. The van der Waals surface area contributed by atoms with E-state index in [1.165, 1.54) is 0 Å². The van der Waals surface area contributed by atoms with E-state index < -0.39 is 51.4 Å². The van der Waals surface area contributed by atoms with E-state index >= 15 is 0 Å². The molecule has 0 aromatic heterocycles. The molecule has 25 heavy (non-hydrogen) atoms. The molecule has 2 N–H and O–H groups in total. The first kappa shape index (κ1) is 17.6. The van der Waals surface area contributed by atoms with Crippen LogP contribution in [0.1, 0.15) is 12.8 Å². The molecular weight excluding hydrogens is 348 g/mol. The molecule has 0 aliphatic carbocycles. The number of hydrogen-bond donors (Lipinski definition) is 2. The van der Waals surface area contributed by atoms with Gasteiger partial charge < -0.3 is 10.2 Å². The van der Waals surface area contributed by atoms with Gasteiger partial charge in [0.05, 0.1) is 22.3 Å². The minimum Gasteiger partial charge on any atom is -0.479 e. The van der Waals surface area contributed by atoms with E-state index in [2.05, 4.69) is 30.9 Å². The van der Waals surface area contributed by atoms with Crippen LogP contribution in [0, 0.1) is 20.2 Å². The van der Waals surface area contributed by atoms with Gasteiger partial charge in [-0.2, -0.15) is 0 Å². The van der Waals surface area contributed by atoms with E-state index in [-0.39, 0.29) is 0 Å². The number of nitrogens with zero attached hydrogens (tertiary/aromatic N) is 8. The molecule has 132 valence electrons. The minimum atomic E-state index is -3.29. The van der Waals surface area contributed by atoms with Gasteiger partial charge in [-0.3, -0.25) is 20.2 Å². The maximum atomic E-state index is 11.5. The summed E-state index contributed by atoms with van der Waals surface area (Å²) in [6, 6.07) is 0. The molecule has 2 aliphatic rings. The second kappa shape index (κ2) is 5.73. The summed E-state index contributed by atoms with van der Waals surface area (Å²) in [4.78, 5) is 43.1. The Bertz CT molecular complexity index is 682. The highest BCUT2D eigenvalue weighted by molar-refractivity contribution is 6.01. The van der Waals surface area contributed by atoms with Crippen molar-refractivity contribution in [2.75, 3.05) is 0 Å². The number of nitro groups is 2. The van der Waals surface area contributed by atoms with Crippen molar-refractivity contribution in [3.05, 3.63) is 20.2 Å². The maximum Gasteiger partial charge on any atom is 0.465 e. The largest absolute Gasteiger partial charge is 0.479 e. The van der Waals surface area contributed by atoms with E-state index in [1.54, 1.807) is 0 Å². The zero-order chi connectivity index (χ0) is 18.9. The van der Waals surface area contributed by atoms with Gasteiger partial charge in [0, 0.05) is 0 Å². The van der Waals surface area contributed by atoms with Gasteiger partial charge in [-0.05, 0) is 10.4 Å². The zero-order valence-corrected chi connectivity index (χ0v) is 12.0. The third-order valence-corrected chi connectivity index (χ3v) is 3.62. The molecule has 0 bridgehead atoms. The van der Waals surface area contributed by atoms with Crippen molar-refractivity contribution in [2.24, 2.45) is 30.9 Å². The van der Waals surface area contributed by atoms with Crippen LogP contribution in [-0.4, -0.2) is 61.2 Å². The number of carboxylic acid groups (broad SMARTS) is 2. The van der Waals surface area contributed by atoms with Gasteiger partial charge >= 0.3 is 17.6 Å². The molecule has 2 aliphatic heterocycles. The van der Waals surface area contributed by atoms with Crippen molar-refractivity contribution in [3.63, 3.8) is 0 Å². The highest BCUT2D eigenvalue weighted by Gasteiger charge is 2.69. The number of hydrogen-bond acceptors (Lipinski definition) is 12. The Labute approximate surface area is 135 Å². The molecule has 0 fully saturated rings. The quantitative estimate of drug-likeness (QED) is 0.327. The summed E-state index contributed by atoms with van der Waals surface area (Å²) in [6.45, 7) is 0. The van der Waals surface area contributed by atoms with Gasteiger partial charge in [0.1, 0.15) is 12.8 Å². The smallest absolute Gasteiger partial charge is 0.465 e. The van der Waals surface area contributed by atoms with Crippen molar-refractivity contribution in [1.82, 2.24) is 0 Å². The van der Waals surface area contributed by atoms with Crippen LogP contribution in [0.3, 0.4) is 0 Å². The van der Waals surface area contributed by atoms with Gasteiger partial charge in [0.15, 0.2) is 0 Å². The Morgan fingerprint density at radius 3 is 1.48 bits per heavy atom. The standard InChI is InChI=1S/C9H8N8O8/c18-5(19)7(3-10-14-12-7)1-9(16(22)23,17(24)25)2-8(6(20)21)4-11-15-13-8/h3-4H,1-2H2,(H,18,19)(H,20,21). The fourth-order valence-corrected chi connectivity index (χ4v) is 2.27. The third kappa shape index (κ3) is 2.68. The van der Waals surface area contributed by atoms with Gasteiger partial charge in [0.25, 0.3) is 0 Å². The third-order valence-electron chi connectivity index (χ3n) is 3.62. The maximum absolute atomic E-state index is 11.5. The molecule has 2 rings (SSSR count). The Hall–Kier alpha value is -3.72. The molecule has 0 spiro atoms. The Balaban J connectivity index is 2.56. The van der Waals surface area contributed by atoms with Crippen molar-refractivity contribution >= 4 is 24.4 Å². The molecule has 0 amide bonds. The Kier molecular flexibility index (Phi) is 4.04. The summed E-state index contributed by atoms with van der Waals surface area (Å²) in [5.41, 5.74) is -8.28. The van der Waals surface area contributed by atoms with Gasteiger partial charge in [-0.25, -0.2) is 9.59 Å². The van der Waals surface area contributed by atoms with E-state index in [4.69, 9.17) is 0 Å². The topological polar surface area (TPSA) is 235 Å². The van der Waals surface area contributed by atoms with Crippen LogP contribution in [0.4, 0.5) is 0 Å². The number of carboxylic acids is 2. The van der Waals surface area contributed by atoms with Gasteiger partial charge in [0.2, 0.25) is 11.1 Å². The SMILES string of the molecule is O=C(O)C1(CC(CC2(C(=O)O)C=NN=N2)([N+](=O)[O-])[N+](=O)[O-])C=NN=N1. The fourth-order valence-electron chi connectivity index (χ4n) is 2.27. The van der Waals surface area contributed by atoms with Crippen LogP contribution in [0.15, 0.2) is 30.9 Å². The summed E-state index contributed by atoms with van der Waals surface area (Å²) in [6.07, 6.45) is -1.51. The molecule has 0 radical (unpaired) electrons. The lowest BCUT2D eigenvalue weighted by Crippen LogP contribution is -2.59. The summed E-state index contributed by atoms with van der Waals surface area (Å²) < 4.78 is 0. The average molecular weight is 356 g/mol. The number of carbonyl (C=O) groups is 2. The second-order valence-corrected chi connectivity index (χ2v) is 5.18. The summed E-state index contributed by atoms with van der Waals surface area (Å²) in [5.74, 6) is -3.56. The monoisotopic (exact) mass is 356 g/mol. The lowest BCUT2D eigenvalue weighted by Gasteiger charge is -2.26. The van der Waals surface area contributed by atoms with Gasteiger partial charge in [-0.1, -0.05) is 0 Å².